The number of nitrogens with two attached hydrogens (primary N) is 1. The summed E-state index contributed by atoms with van der Waals surface area (Å²) in [5, 5.41) is 0. The van der Waals surface area contributed by atoms with Crippen molar-refractivity contribution in [2.24, 2.45) is 11.7 Å². The van der Waals surface area contributed by atoms with Crippen molar-refractivity contribution >= 4 is 0 Å². The fourth-order valence-electron chi connectivity index (χ4n) is 3.59. The van der Waals surface area contributed by atoms with Gasteiger partial charge in [0.2, 0.25) is 0 Å². The fourth-order valence-corrected chi connectivity index (χ4v) is 3.59. The summed E-state index contributed by atoms with van der Waals surface area (Å²) < 4.78 is 0. The van der Waals surface area contributed by atoms with Gasteiger partial charge in [0.15, 0.2) is 0 Å². The van der Waals surface area contributed by atoms with Crippen molar-refractivity contribution in [2.75, 3.05) is 19.6 Å². The second-order valence-corrected chi connectivity index (χ2v) is 6.62. The Balaban J connectivity index is 1.67. The number of hydrogen-bond donors (Lipinski definition) is 1. The van der Waals surface area contributed by atoms with Gasteiger partial charge in [-0.1, -0.05) is 36.2 Å². The Morgan fingerprint density at radius 3 is 2.79 bits per heavy atom. The Morgan fingerprint density at radius 1 is 1.26 bits per heavy atom. The van der Waals surface area contributed by atoms with Crippen LogP contribution >= 0.6 is 0 Å². The third kappa shape index (κ3) is 3.18. The lowest BCUT2D eigenvalue weighted by Crippen LogP contribution is -2.48. The Morgan fingerprint density at radius 2 is 2.11 bits per heavy atom. The molecule has 0 radical (unpaired) electrons. The quantitative estimate of drug-likeness (QED) is 0.903. The molecule has 1 aliphatic heterocycles. The molecule has 1 aromatic rings. The maximum atomic E-state index is 6.28. The molecular weight excluding hydrogens is 232 g/mol. The highest BCUT2D eigenvalue weighted by atomic mass is 15.2. The molecule has 2 heteroatoms. The van der Waals surface area contributed by atoms with E-state index in [-0.39, 0.29) is 0 Å². The summed E-state index contributed by atoms with van der Waals surface area (Å²) >= 11 is 0. The zero-order valence-electron chi connectivity index (χ0n) is 12.0. The molecule has 2 atom stereocenters. The smallest absolute Gasteiger partial charge is 0.0174 e. The maximum absolute atomic E-state index is 6.28. The summed E-state index contributed by atoms with van der Waals surface area (Å²) in [5.74, 6) is 1.58. The van der Waals surface area contributed by atoms with Crippen molar-refractivity contribution in [3.8, 4) is 0 Å². The van der Waals surface area contributed by atoms with Crippen molar-refractivity contribution in [1.29, 1.82) is 0 Å². The van der Waals surface area contributed by atoms with Crippen LogP contribution in [-0.4, -0.2) is 30.6 Å². The van der Waals surface area contributed by atoms with E-state index in [1.807, 2.05) is 0 Å². The molecule has 2 aliphatic rings. The van der Waals surface area contributed by atoms with Crippen molar-refractivity contribution in [2.45, 2.75) is 44.6 Å². The van der Waals surface area contributed by atoms with Gasteiger partial charge in [-0.15, -0.1) is 0 Å². The SMILES string of the molecule is Cc1cccc(C2CC(N)CN(CC3CCC3)C2)c1. The molecule has 2 fully saturated rings. The van der Waals surface area contributed by atoms with Crippen LogP contribution in [0, 0.1) is 12.8 Å². The van der Waals surface area contributed by atoms with Gasteiger partial charge in [-0.3, -0.25) is 0 Å². The molecule has 19 heavy (non-hydrogen) atoms. The van der Waals surface area contributed by atoms with Crippen molar-refractivity contribution in [3.05, 3.63) is 35.4 Å². The van der Waals surface area contributed by atoms with Crippen molar-refractivity contribution in [3.63, 3.8) is 0 Å². The lowest BCUT2D eigenvalue weighted by Gasteiger charge is -2.40. The molecule has 2 unspecified atom stereocenters. The summed E-state index contributed by atoms with van der Waals surface area (Å²) in [7, 11) is 0. The second kappa shape index (κ2) is 5.64. The Bertz CT molecular complexity index is 425. The first kappa shape index (κ1) is 13.1. The van der Waals surface area contributed by atoms with E-state index in [1.165, 1.54) is 43.5 Å². The number of nitrogens with zero attached hydrogens (tertiary/aromatic N) is 1. The minimum atomic E-state index is 0.347. The topological polar surface area (TPSA) is 29.3 Å². The number of hydrogen-bond acceptors (Lipinski definition) is 2. The van der Waals surface area contributed by atoms with Gasteiger partial charge in [0.25, 0.3) is 0 Å². The number of benzene rings is 1. The molecule has 1 aliphatic carbocycles. The first-order valence-corrected chi connectivity index (χ1v) is 7.75. The van der Waals surface area contributed by atoms with Crippen LogP contribution in [0.2, 0.25) is 0 Å². The Kier molecular flexibility index (Phi) is 3.90. The van der Waals surface area contributed by atoms with E-state index < -0.39 is 0 Å². The van der Waals surface area contributed by atoms with Crippen LogP contribution in [0.25, 0.3) is 0 Å². The normalized spacial score (nSPS) is 29.2. The molecular formula is C17H26N2. The minimum Gasteiger partial charge on any atom is -0.327 e. The largest absolute Gasteiger partial charge is 0.327 e. The minimum absolute atomic E-state index is 0.347. The van der Waals surface area contributed by atoms with E-state index >= 15 is 0 Å². The van der Waals surface area contributed by atoms with Gasteiger partial charge >= 0.3 is 0 Å². The first-order valence-electron chi connectivity index (χ1n) is 7.75. The number of likely N-dealkylation sites (tertiary alicyclic amines) is 1. The van der Waals surface area contributed by atoms with Crippen LogP contribution in [0.5, 0.6) is 0 Å². The summed E-state index contributed by atoms with van der Waals surface area (Å²) in [4.78, 5) is 2.62. The summed E-state index contributed by atoms with van der Waals surface area (Å²) in [6, 6.07) is 9.32. The molecule has 1 heterocycles. The molecule has 1 saturated carbocycles. The predicted molar refractivity (Wildman–Crippen MR) is 80.3 cm³/mol. The highest BCUT2D eigenvalue weighted by Crippen LogP contribution is 2.31. The highest BCUT2D eigenvalue weighted by molar-refractivity contribution is 5.26. The van der Waals surface area contributed by atoms with E-state index in [9.17, 15) is 0 Å². The lowest BCUT2D eigenvalue weighted by molar-refractivity contribution is 0.133. The summed E-state index contributed by atoms with van der Waals surface area (Å²) in [5.41, 5.74) is 9.13. The average Bonchev–Trinajstić information content (AvgIpc) is 2.33. The van der Waals surface area contributed by atoms with Crippen LogP contribution in [0.15, 0.2) is 24.3 Å². The van der Waals surface area contributed by atoms with Gasteiger partial charge < -0.3 is 10.6 Å². The molecule has 0 spiro atoms. The molecule has 104 valence electrons. The maximum Gasteiger partial charge on any atom is 0.0174 e. The zero-order chi connectivity index (χ0) is 13.2. The van der Waals surface area contributed by atoms with Crippen LogP contribution < -0.4 is 5.73 Å². The van der Waals surface area contributed by atoms with Crippen LogP contribution in [0.3, 0.4) is 0 Å². The standard InChI is InChI=1S/C17H26N2/c1-13-4-2-7-15(8-13)16-9-17(18)12-19(11-16)10-14-5-3-6-14/h2,4,7-8,14,16-17H,3,5-6,9-12,18H2,1H3. The van der Waals surface area contributed by atoms with Gasteiger partial charge in [-0.2, -0.15) is 0 Å². The molecule has 0 bridgehead atoms. The molecule has 2 nitrogen and oxygen atoms in total. The van der Waals surface area contributed by atoms with Gasteiger partial charge in [0.05, 0.1) is 0 Å². The van der Waals surface area contributed by atoms with Crippen molar-refractivity contribution in [1.82, 2.24) is 4.90 Å². The van der Waals surface area contributed by atoms with Crippen molar-refractivity contribution < 1.29 is 0 Å². The molecule has 3 rings (SSSR count). The van der Waals surface area contributed by atoms with E-state index in [1.54, 1.807) is 0 Å². The van der Waals surface area contributed by atoms with Gasteiger partial charge in [0, 0.05) is 25.7 Å². The Labute approximate surface area is 117 Å². The number of aryl methyl sites for hydroxylation is 1. The van der Waals surface area contributed by atoms with E-state index in [0.717, 1.165) is 18.9 Å². The number of piperidine rings is 1. The van der Waals surface area contributed by atoms with Crippen LogP contribution in [-0.2, 0) is 0 Å². The lowest BCUT2D eigenvalue weighted by atomic mass is 9.83. The van der Waals surface area contributed by atoms with Gasteiger partial charge in [-0.05, 0) is 43.6 Å². The fraction of sp³-hybridized carbons (Fsp3) is 0.647. The van der Waals surface area contributed by atoms with E-state index in [2.05, 4.69) is 36.1 Å². The van der Waals surface area contributed by atoms with E-state index in [0.29, 0.717) is 12.0 Å². The average molecular weight is 258 g/mol. The first-order chi connectivity index (χ1) is 9.20. The second-order valence-electron chi connectivity index (χ2n) is 6.62. The predicted octanol–water partition coefficient (Wildman–Crippen LogP) is 2.91. The molecule has 1 saturated heterocycles. The third-order valence-electron chi connectivity index (χ3n) is 4.81. The zero-order valence-corrected chi connectivity index (χ0v) is 12.0. The van der Waals surface area contributed by atoms with Crippen LogP contribution in [0.1, 0.15) is 42.7 Å². The summed E-state index contributed by atoms with van der Waals surface area (Å²) in [6.45, 7) is 5.75. The highest BCUT2D eigenvalue weighted by Gasteiger charge is 2.29. The van der Waals surface area contributed by atoms with Crippen LogP contribution in [0.4, 0.5) is 0 Å². The Hall–Kier alpha value is -0.860. The molecule has 1 aromatic carbocycles. The molecule has 0 amide bonds. The third-order valence-corrected chi connectivity index (χ3v) is 4.81. The summed E-state index contributed by atoms with van der Waals surface area (Å²) in [6.07, 6.45) is 5.44. The van der Waals surface area contributed by atoms with Gasteiger partial charge in [0.1, 0.15) is 0 Å². The number of rotatable bonds is 3. The van der Waals surface area contributed by atoms with Gasteiger partial charge in [-0.25, -0.2) is 0 Å². The molecule has 2 N–H and O–H groups in total. The monoisotopic (exact) mass is 258 g/mol. The molecule has 0 aromatic heterocycles. The van der Waals surface area contributed by atoms with E-state index in [4.69, 9.17) is 5.73 Å².